The van der Waals surface area contributed by atoms with Crippen molar-refractivity contribution >= 4 is 5.91 Å². The maximum absolute atomic E-state index is 11.3. The fourth-order valence-electron chi connectivity index (χ4n) is 3.10. The molecule has 1 fully saturated rings. The lowest BCUT2D eigenvalue weighted by molar-refractivity contribution is -0.118. The summed E-state index contributed by atoms with van der Waals surface area (Å²) in [4.78, 5) is 11.3. The second-order valence-electron chi connectivity index (χ2n) is 5.86. The highest BCUT2D eigenvalue weighted by Gasteiger charge is 2.24. The lowest BCUT2D eigenvalue weighted by atomic mass is 9.82. The highest BCUT2D eigenvalue weighted by molar-refractivity contribution is 5.74. The number of nitrogens with one attached hydrogen (secondary N) is 1. The van der Waals surface area contributed by atoms with E-state index in [2.05, 4.69) is 11.4 Å². The van der Waals surface area contributed by atoms with Crippen LogP contribution in [0.1, 0.15) is 49.7 Å². The molecule has 1 aliphatic rings. The number of primary amides is 1. The maximum atomic E-state index is 11.3. The standard InChI is InChI=1S/C17H23N3O/c18-11-13-6-8-14(9-7-13)12-20-16(10-17(19)21)15-4-2-1-3-5-15/h6-9,15-16,20H,1-5,10,12H2,(H2,19,21)/t16-/m0/s1. The number of amides is 1. The van der Waals surface area contributed by atoms with Crippen LogP contribution >= 0.6 is 0 Å². The van der Waals surface area contributed by atoms with Gasteiger partial charge in [0.05, 0.1) is 11.6 Å². The zero-order valence-corrected chi connectivity index (χ0v) is 12.3. The van der Waals surface area contributed by atoms with E-state index in [1.807, 2.05) is 24.3 Å². The lowest BCUT2D eigenvalue weighted by Gasteiger charge is -2.30. The molecule has 21 heavy (non-hydrogen) atoms. The molecule has 0 bridgehead atoms. The summed E-state index contributed by atoms with van der Waals surface area (Å²) in [5.74, 6) is 0.308. The number of hydrogen-bond acceptors (Lipinski definition) is 3. The molecule has 0 unspecified atom stereocenters. The van der Waals surface area contributed by atoms with Crippen LogP contribution in [0.2, 0.25) is 0 Å². The predicted octanol–water partition coefficient (Wildman–Crippen LogP) is 2.47. The van der Waals surface area contributed by atoms with E-state index in [1.165, 1.54) is 32.1 Å². The summed E-state index contributed by atoms with van der Waals surface area (Å²) in [5.41, 5.74) is 7.18. The fraction of sp³-hybridized carbons (Fsp3) is 0.529. The topological polar surface area (TPSA) is 78.9 Å². The van der Waals surface area contributed by atoms with Crippen LogP contribution < -0.4 is 11.1 Å². The SMILES string of the molecule is N#Cc1ccc(CN[C@@H](CC(N)=O)C2CCCCC2)cc1. The van der Waals surface area contributed by atoms with E-state index in [0.717, 1.165) is 5.56 Å². The van der Waals surface area contributed by atoms with Crippen LogP contribution in [0.15, 0.2) is 24.3 Å². The molecule has 4 heteroatoms. The molecule has 1 aromatic rings. The molecule has 112 valence electrons. The Kier molecular flexibility index (Phi) is 5.77. The van der Waals surface area contributed by atoms with Gasteiger partial charge in [0.2, 0.25) is 5.91 Å². The number of nitrogens with two attached hydrogens (primary N) is 1. The first-order chi connectivity index (χ1) is 10.2. The van der Waals surface area contributed by atoms with Crippen LogP contribution in [0.25, 0.3) is 0 Å². The number of nitrogens with zero attached hydrogens (tertiary/aromatic N) is 1. The van der Waals surface area contributed by atoms with Crippen molar-refractivity contribution in [1.29, 1.82) is 5.26 Å². The van der Waals surface area contributed by atoms with E-state index in [-0.39, 0.29) is 11.9 Å². The lowest BCUT2D eigenvalue weighted by Crippen LogP contribution is -2.40. The van der Waals surface area contributed by atoms with Crippen LogP contribution in [0, 0.1) is 17.2 Å². The van der Waals surface area contributed by atoms with Crippen molar-refractivity contribution in [3.05, 3.63) is 35.4 Å². The van der Waals surface area contributed by atoms with E-state index in [0.29, 0.717) is 24.4 Å². The van der Waals surface area contributed by atoms with E-state index >= 15 is 0 Å². The fourth-order valence-corrected chi connectivity index (χ4v) is 3.10. The van der Waals surface area contributed by atoms with E-state index in [4.69, 9.17) is 11.0 Å². The van der Waals surface area contributed by atoms with Crippen molar-refractivity contribution in [3.63, 3.8) is 0 Å². The first-order valence-electron chi connectivity index (χ1n) is 7.70. The molecular weight excluding hydrogens is 262 g/mol. The van der Waals surface area contributed by atoms with Gasteiger partial charge < -0.3 is 11.1 Å². The van der Waals surface area contributed by atoms with E-state index < -0.39 is 0 Å². The Morgan fingerprint density at radius 1 is 1.29 bits per heavy atom. The van der Waals surface area contributed by atoms with E-state index in [1.54, 1.807) is 0 Å². The smallest absolute Gasteiger partial charge is 0.218 e. The van der Waals surface area contributed by atoms with Gasteiger partial charge in [0.1, 0.15) is 0 Å². The van der Waals surface area contributed by atoms with Crippen LogP contribution in [0.3, 0.4) is 0 Å². The molecule has 0 aromatic heterocycles. The first kappa shape index (κ1) is 15.5. The minimum Gasteiger partial charge on any atom is -0.370 e. The third-order valence-electron chi connectivity index (χ3n) is 4.29. The Morgan fingerprint density at radius 2 is 1.95 bits per heavy atom. The van der Waals surface area contributed by atoms with E-state index in [9.17, 15) is 4.79 Å². The van der Waals surface area contributed by atoms with Crippen molar-refractivity contribution in [2.45, 2.75) is 51.1 Å². The minimum absolute atomic E-state index is 0.165. The monoisotopic (exact) mass is 285 g/mol. The van der Waals surface area contributed by atoms with Gasteiger partial charge in [0.25, 0.3) is 0 Å². The second-order valence-corrected chi connectivity index (χ2v) is 5.86. The largest absolute Gasteiger partial charge is 0.370 e. The molecule has 1 aromatic carbocycles. The molecule has 0 spiro atoms. The zero-order valence-electron chi connectivity index (χ0n) is 12.3. The van der Waals surface area contributed by atoms with Crippen LogP contribution in [0.5, 0.6) is 0 Å². The summed E-state index contributed by atoms with van der Waals surface area (Å²) < 4.78 is 0. The minimum atomic E-state index is -0.238. The summed E-state index contributed by atoms with van der Waals surface area (Å²) in [5, 5.41) is 12.3. The molecule has 3 N–H and O–H groups in total. The van der Waals surface area contributed by atoms with Gasteiger partial charge >= 0.3 is 0 Å². The quantitative estimate of drug-likeness (QED) is 0.842. The summed E-state index contributed by atoms with van der Waals surface area (Å²) in [6.45, 7) is 0.708. The highest BCUT2D eigenvalue weighted by atomic mass is 16.1. The Balaban J connectivity index is 1.93. The number of hydrogen-bond donors (Lipinski definition) is 2. The first-order valence-corrected chi connectivity index (χ1v) is 7.70. The van der Waals surface area contributed by atoms with Crippen molar-refractivity contribution in [2.24, 2.45) is 11.7 Å². The molecule has 1 amide bonds. The molecule has 1 saturated carbocycles. The zero-order chi connectivity index (χ0) is 15.1. The molecule has 0 heterocycles. The van der Waals surface area contributed by atoms with Crippen molar-refractivity contribution in [1.82, 2.24) is 5.32 Å². The molecule has 4 nitrogen and oxygen atoms in total. The van der Waals surface area contributed by atoms with Gasteiger partial charge in [-0.05, 0) is 36.5 Å². The van der Waals surface area contributed by atoms with Gasteiger partial charge in [-0.2, -0.15) is 5.26 Å². The van der Waals surface area contributed by atoms with Crippen molar-refractivity contribution in [3.8, 4) is 6.07 Å². The van der Waals surface area contributed by atoms with Gasteiger partial charge in [-0.15, -0.1) is 0 Å². The van der Waals surface area contributed by atoms with Crippen LogP contribution in [0.4, 0.5) is 0 Å². The number of carbonyl (C=O) groups excluding carboxylic acids is 1. The third-order valence-corrected chi connectivity index (χ3v) is 4.29. The number of rotatable bonds is 6. The third kappa shape index (κ3) is 4.87. The van der Waals surface area contributed by atoms with Crippen LogP contribution in [-0.2, 0) is 11.3 Å². The summed E-state index contributed by atoms with van der Waals surface area (Å²) in [6, 6.07) is 9.83. The molecule has 2 rings (SSSR count). The van der Waals surface area contributed by atoms with Gasteiger partial charge in [0.15, 0.2) is 0 Å². The summed E-state index contributed by atoms with van der Waals surface area (Å²) >= 11 is 0. The number of nitriles is 1. The average Bonchev–Trinajstić information content (AvgIpc) is 2.52. The Labute approximate surface area is 126 Å². The molecule has 0 saturated heterocycles. The Hall–Kier alpha value is -1.86. The molecular formula is C17H23N3O. The van der Waals surface area contributed by atoms with Gasteiger partial charge in [-0.25, -0.2) is 0 Å². The van der Waals surface area contributed by atoms with Crippen LogP contribution in [-0.4, -0.2) is 11.9 Å². The van der Waals surface area contributed by atoms with Crippen molar-refractivity contribution < 1.29 is 4.79 Å². The molecule has 0 aliphatic heterocycles. The second kappa shape index (κ2) is 7.80. The van der Waals surface area contributed by atoms with Gasteiger partial charge in [-0.3, -0.25) is 4.79 Å². The number of carbonyl (C=O) groups is 1. The molecule has 0 radical (unpaired) electrons. The van der Waals surface area contributed by atoms with Gasteiger partial charge in [0, 0.05) is 19.0 Å². The Morgan fingerprint density at radius 3 is 2.52 bits per heavy atom. The van der Waals surface area contributed by atoms with Gasteiger partial charge in [-0.1, -0.05) is 31.4 Å². The van der Waals surface area contributed by atoms with Crippen molar-refractivity contribution in [2.75, 3.05) is 0 Å². The normalized spacial score (nSPS) is 17.1. The summed E-state index contributed by atoms with van der Waals surface area (Å²) in [6.07, 6.45) is 6.56. The summed E-state index contributed by atoms with van der Waals surface area (Å²) in [7, 11) is 0. The predicted molar refractivity (Wildman–Crippen MR) is 82.2 cm³/mol. The number of benzene rings is 1. The molecule has 1 atom stereocenters. The molecule has 1 aliphatic carbocycles. The maximum Gasteiger partial charge on any atom is 0.218 e. The average molecular weight is 285 g/mol. The Bertz CT molecular complexity index is 498. The highest BCUT2D eigenvalue weighted by Crippen LogP contribution is 2.28.